The second-order valence-corrected chi connectivity index (χ2v) is 12.8. The van der Waals surface area contributed by atoms with E-state index >= 15 is 0 Å². The zero-order valence-electron chi connectivity index (χ0n) is 16.6. The highest BCUT2D eigenvalue weighted by Gasteiger charge is 2.25. The Hall–Kier alpha value is -3.19. The molecule has 1 N–H and O–H groups in total. The predicted octanol–water partition coefficient (Wildman–Crippen LogP) is 3.19. The molecule has 0 spiro atoms. The van der Waals surface area contributed by atoms with Crippen LogP contribution in [-0.2, 0) is 23.5 Å². The van der Waals surface area contributed by atoms with Crippen LogP contribution in [0.25, 0.3) is 11.3 Å². The molecule has 0 aliphatic carbocycles. The number of benzene rings is 2. The minimum Gasteiger partial charge on any atom is -0.496 e. The Morgan fingerprint density at radius 1 is 1.00 bits per heavy atom. The SMILES string of the molecule is COc1cc(F)ccc1-c1nc(Nc2cc(F)cc(CS(=O)(=O)S(C)(=O)=O)c2)ncc1F. The van der Waals surface area contributed by atoms with Crippen molar-refractivity contribution in [2.24, 2.45) is 0 Å². The molecule has 0 aliphatic heterocycles. The zero-order chi connectivity index (χ0) is 23.7. The molecule has 2 aromatic carbocycles. The molecule has 3 aromatic rings. The van der Waals surface area contributed by atoms with Crippen molar-refractivity contribution in [3.8, 4) is 17.0 Å². The van der Waals surface area contributed by atoms with Crippen LogP contribution in [0.2, 0.25) is 0 Å². The van der Waals surface area contributed by atoms with Crippen LogP contribution in [0.4, 0.5) is 24.8 Å². The van der Waals surface area contributed by atoms with Gasteiger partial charge in [-0.05, 0) is 35.9 Å². The van der Waals surface area contributed by atoms with Crippen LogP contribution in [0.3, 0.4) is 0 Å². The fourth-order valence-electron chi connectivity index (χ4n) is 2.72. The topological polar surface area (TPSA) is 115 Å². The third-order valence-corrected chi connectivity index (χ3v) is 8.91. The average molecular weight is 487 g/mol. The Balaban J connectivity index is 1.97. The lowest BCUT2D eigenvalue weighted by atomic mass is 10.1. The van der Waals surface area contributed by atoms with E-state index in [0.29, 0.717) is 6.26 Å². The highest BCUT2D eigenvalue weighted by atomic mass is 33.2. The predicted molar refractivity (Wildman–Crippen MR) is 111 cm³/mol. The van der Waals surface area contributed by atoms with Gasteiger partial charge in [0.25, 0.3) is 17.7 Å². The van der Waals surface area contributed by atoms with Crippen molar-refractivity contribution in [1.82, 2.24) is 9.97 Å². The van der Waals surface area contributed by atoms with E-state index in [9.17, 15) is 30.0 Å². The fraction of sp³-hybridized carbons (Fsp3) is 0.158. The molecule has 0 saturated heterocycles. The molecule has 32 heavy (non-hydrogen) atoms. The molecule has 0 bridgehead atoms. The molecule has 0 amide bonds. The van der Waals surface area contributed by atoms with Crippen LogP contribution < -0.4 is 10.1 Å². The number of aromatic nitrogens is 2. The van der Waals surface area contributed by atoms with Crippen LogP contribution in [0.1, 0.15) is 5.56 Å². The summed E-state index contributed by atoms with van der Waals surface area (Å²) in [6, 6.07) is 6.45. The van der Waals surface area contributed by atoms with Crippen molar-refractivity contribution >= 4 is 29.4 Å². The molecular weight excluding hydrogens is 471 g/mol. The number of halogens is 3. The number of rotatable bonds is 7. The van der Waals surface area contributed by atoms with E-state index in [1.54, 1.807) is 0 Å². The lowest BCUT2D eigenvalue weighted by molar-refractivity contribution is 0.412. The van der Waals surface area contributed by atoms with Gasteiger partial charge in [-0.15, -0.1) is 0 Å². The molecule has 0 unspecified atom stereocenters. The van der Waals surface area contributed by atoms with Gasteiger partial charge in [0, 0.05) is 17.3 Å². The van der Waals surface area contributed by atoms with Crippen LogP contribution in [0, 0.1) is 17.5 Å². The Morgan fingerprint density at radius 2 is 1.72 bits per heavy atom. The second kappa shape index (κ2) is 8.74. The summed E-state index contributed by atoms with van der Waals surface area (Å²) in [5, 5.41) is 2.61. The monoisotopic (exact) mass is 487 g/mol. The van der Waals surface area contributed by atoms with Gasteiger partial charge < -0.3 is 10.1 Å². The first kappa shape index (κ1) is 23.5. The first-order valence-electron chi connectivity index (χ1n) is 8.75. The summed E-state index contributed by atoms with van der Waals surface area (Å²) in [6.45, 7) is 0. The van der Waals surface area contributed by atoms with Crippen LogP contribution in [0.5, 0.6) is 5.75 Å². The number of hydrogen-bond donors (Lipinski definition) is 1. The highest BCUT2D eigenvalue weighted by Crippen LogP contribution is 2.32. The van der Waals surface area contributed by atoms with Crippen LogP contribution >= 0.6 is 0 Å². The second-order valence-electron chi connectivity index (χ2n) is 6.61. The summed E-state index contributed by atoms with van der Waals surface area (Å²) in [4.78, 5) is 7.77. The van der Waals surface area contributed by atoms with Gasteiger partial charge in [0.15, 0.2) is 5.82 Å². The fourth-order valence-corrected chi connectivity index (χ4v) is 4.56. The number of anilines is 2. The lowest BCUT2D eigenvalue weighted by Gasteiger charge is -2.12. The summed E-state index contributed by atoms with van der Waals surface area (Å²) in [7, 11) is -7.70. The van der Waals surface area contributed by atoms with Crippen molar-refractivity contribution in [2.75, 3.05) is 18.7 Å². The Kier molecular flexibility index (Phi) is 6.41. The molecule has 0 saturated carbocycles. The summed E-state index contributed by atoms with van der Waals surface area (Å²) >= 11 is 0. The van der Waals surface area contributed by atoms with E-state index in [0.717, 1.165) is 30.5 Å². The van der Waals surface area contributed by atoms with Crippen molar-refractivity contribution in [3.63, 3.8) is 0 Å². The van der Waals surface area contributed by atoms with Gasteiger partial charge in [0.05, 0.1) is 25.3 Å². The summed E-state index contributed by atoms with van der Waals surface area (Å²) in [5.74, 6) is -3.39. The molecule has 3 rings (SSSR count). The van der Waals surface area contributed by atoms with Gasteiger partial charge in [0.2, 0.25) is 5.95 Å². The van der Waals surface area contributed by atoms with Gasteiger partial charge in [-0.1, -0.05) is 0 Å². The molecule has 13 heteroatoms. The van der Waals surface area contributed by atoms with Gasteiger partial charge in [-0.25, -0.2) is 40.0 Å². The molecule has 0 aliphatic rings. The van der Waals surface area contributed by atoms with E-state index in [1.165, 1.54) is 19.2 Å². The average Bonchev–Trinajstić information content (AvgIpc) is 2.68. The largest absolute Gasteiger partial charge is 0.496 e. The minimum atomic E-state index is -4.56. The van der Waals surface area contributed by atoms with Crippen molar-refractivity contribution in [3.05, 3.63) is 65.6 Å². The maximum atomic E-state index is 14.4. The number of nitrogens with one attached hydrogen (secondary N) is 1. The first-order chi connectivity index (χ1) is 14.9. The van der Waals surface area contributed by atoms with E-state index in [-0.39, 0.29) is 34.2 Å². The quantitative estimate of drug-likeness (QED) is 0.506. The molecule has 1 heterocycles. The van der Waals surface area contributed by atoms with Gasteiger partial charge in [0.1, 0.15) is 23.1 Å². The zero-order valence-corrected chi connectivity index (χ0v) is 18.3. The molecule has 170 valence electrons. The maximum absolute atomic E-state index is 14.4. The van der Waals surface area contributed by atoms with Crippen molar-refractivity contribution in [2.45, 2.75) is 5.75 Å². The maximum Gasteiger partial charge on any atom is 0.257 e. The summed E-state index contributed by atoms with van der Waals surface area (Å²) < 4.78 is 93.5. The molecular formula is C19H16F3N3O5S2. The number of ether oxygens (including phenoxy) is 1. The van der Waals surface area contributed by atoms with Crippen LogP contribution in [0.15, 0.2) is 42.6 Å². The Morgan fingerprint density at radius 3 is 2.38 bits per heavy atom. The van der Waals surface area contributed by atoms with E-state index in [1.807, 2.05) is 0 Å². The van der Waals surface area contributed by atoms with E-state index in [4.69, 9.17) is 4.74 Å². The van der Waals surface area contributed by atoms with Crippen molar-refractivity contribution < 1.29 is 34.7 Å². The molecule has 0 fully saturated rings. The van der Waals surface area contributed by atoms with Crippen LogP contribution in [-0.4, -0.2) is 40.2 Å². The molecule has 8 nitrogen and oxygen atoms in total. The third kappa shape index (κ3) is 5.16. The number of hydrogen-bond acceptors (Lipinski definition) is 8. The Labute approximate surface area is 181 Å². The lowest BCUT2D eigenvalue weighted by Crippen LogP contribution is -2.16. The Bertz CT molecular complexity index is 1400. The first-order valence-corrected chi connectivity index (χ1v) is 12.8. The summed E-state index contributed by atoms with van der Waals surface area (Å²) in [5.41, 5.74) is -0.237. The number of methoxy groups -OCH3 is 1. The van der Waals surface area contributed by atoms with Crippen molar-refractivity contribution in [1.29, 1.82) is 0 Å². The standard InChI is InChI=1S/C19H16F3N3O5S2/c1-30-17-8-12(20)3-4-15(17)18-16(22)9-23-19(25-18)24-14-6-11(5-13(21)7-14)10-32(28,29)31(2,26)27/h3-9H,10H2,1-2H3,(H,23,24,25). The minimum absolute atomic E-state index is 0.00710. The molecule has 0 atom stereocenters. The van der Waals surface area contributed by atoms with E-state index < -0.39 is 40.9 Å². The smallest absolute Gasteiger partial charge is 0.257 e. The third-order valence-electron chi connectivity index (χ3n) is 4.18. The molecule has 0 radical (unpaired) electrons. The van der Waals surface area contributed by atoms with Gasteiger partial charge >= 0.3 is 0 Å². The summed E-state index contributed by atoms with van der Waals surface area (Å²) in [6.07, 6.45) is 1.38. The van der Waals surface area contributed by atoms with E-state index in [2.05, 4.69) is 15.3 Å². The highest BCUT2D eigenvalue weighted by molar-refractivity contribution is 8.66. The molecule has 1 aromatic heterocycles. The van der Waals surface area contributed by atoms with Gasteiger partial charge in [-0.3, -0.25) is 0 Å². The normalized spacial score (nSPS) is 11.9. The number of nitrogens with zero attached hydrogens (tertiary/aromatic N) is 2. The van der Waals surface area contributed by atoms with Gasteiger partial charge in [-0.2, -0.15) is 0 Å².